The summed E-state index contributed by atoms with van der Waals surface area (Å²) in [5.74, 6) is 2.55. The minimum absolute atomic E-state index is 0.697. The van der Waals surface area contributed by atoms with Crippen molar-refractivity contribution in [3.63, 3.8) is 0 Å². The highest BCUT2D eigenvalue weighted by atomic mass is 32.2. The predicted molar refractivity (Wildman–Crippen MR) is 80.6 cm³/mol. The number of thiazole rings is 1. The standard InChI is InChI=1S/C13H16N4S2/c1(3-15-10-2-6-18-8-10)11-9-19-13(17-11)12-7-14-4-5-16-12/h4-5,7,9-10,15H,1-3,6,8H2/t10-/m1/s1. The lowest BCUT2D eigenvalue weighted by atomic mass is 10.2. The molecular formula is C13H16N4S2. The predicted octanol–water partition coefficient (Wildman–Crippen LogP) is 2.24. The van der Waals surface area contributed by atoms with Gasteiger partial charge in [-0.3, -0.25) is 9.97 Å². The molecule has 100 valence electrons. The lowest BCUT2D eigenvalue weighted by Crippen LogP contribution is -2.30. The summed E-state index contributed by atoms with van der Waals surface area (Å²) in [4.78, 5) is 13.0. The molecule has 0 amide bonds. The summed E-state index contributed by atoms with van der Waals surface area (Å²) >= 11 is 3.68. The molecule has 1 aliphatic heterocycles. The molecule has 0 spiro atoms. The maximum Gasteiger partial charge on any atom is 0.143 e. The molecule has 2 aromatic rings. The van der Waals surface area contributed by atoms with Gasteiger partial charge < -0.3 is 5.32 Å². The number of thioether (sulfide) groups is 1. The van der Waals surface area contributed by atoms with Crippen LogP contribution in [-0.4, -0.2) is 39.0 Å². The van der Waals surface area contributed by atoms with E-state index in [1.54, 1.807) is 29.9 Å². The molecule has 0 aliphatic carbocycles. The number of hydrogen-bond acceptors (Lipinski definition) is 6. The van der Waals surface area contributed by atoms with Crippen LogP contribution in [0.4, 0.5) is 0 Å². The van der Waals surface area contributed by atoms with Crippen molar-refractivity contribution >= 4 is 23.1 Å². The summed E-state index contributed by atoms with van der Waals surface area (Å²) in [6.45, 7) is 1.01. The normalized spacial score (nSPS) is 18.8. The van der Waals surface area contributed by atoms with E-state index >= 15 is 0 Å². The van der Waals surface area contributed by atoms with Crippen LogP contribution in [0.15, 0.2) is 24.0 Å². The van der Waals surface area contributed by atoms with E-state index in [0.717, 1.165) is 29.4 Å². The number of nitrogens with zero attached hydrogens (tertiary/aromatic N) is 3. The van der Waals surface area contributed by atoms with Gasteiger partial charge in [0.25, 0.3) is 0 Å². The van der Waals surface area contributed by atoms with Crippen molar-refractivity contribution in [3.8, 4) is 10.7 Å². The van der Waals surface area contributed by atoms with Gasteiger partial charge in [-0.1, -0.05) is 0 Å². The molecule has 0 saturated carbocycles. The first-order valence-electron chi connectivity index (χ1n) is 6.44. The Morgan fingerprint density at radius 3 is 3.16 bits per heavy atom. The first kappa shape index (κ1) is 13.0. The molecular weight excluding hydrogens is 276 g/mol. The van der Waals surface area contributed by atoms with Crippen molar-refractivity contribution in [2.24, 2.45) is 0 Å². The highest BCUT2D eigenvalue weighted by Crippen LogP contribution is 2.21. The van der Waals surface area contributed by atoms with Gasteiger partial charge in [-0.25, -0.2) is 4.98 Å². The molecule has 0 aromatic carbocycles. The highest BCUT2D eigenvalue weighted by Gasteiger charge is 2.14. The lowest BCUT2D eigenvalue weighted by molar-refractivity contribution is 0.558. The average molecular weight is 292 g/mol. The van der Waals surface area contributed by atoms with Crippen LogP contribution in [0, 0.1) is 0 Å². The topological polar surface area (TPSA) is 50.7 Å². The van der Waals surface area contributed by atoms with Crippen LogP contribution < -0.4 is 5.32 Å². The molecule has 0 radical (unpaired) electrons. The molecule has 1 saturated heterocycles. The SMILES string of the molecule is c1cnc(-c2nc(CCN[C@@H]3CCSC3)cs2)cn1. The molecule has 0 unspecified atom stereocenters. The maximum atomic E-state index is 4.62. The molecule has 1 atom stereocenters. The van der Waals surface area contributed by atoms with E-state index in [0.29, 0.717) is 6.04 Å². The molecule has 3 rings (SSSR count). The summed E-state index contributed by atoms with van der Waals surface area (Å²) in [5.41, 5.74) is 2.00. The van der Waals surface area contributed by atoms with E-state index in [1.807, 2.05) is 11.8 Å². The second kappa shape index (κ2) is 6.45. The molecule has 1 fully saturated rings. The molecule has 1 aliphatic rings. The van der Waals surface area contributed by atoms with Crippen LogP contribution in [-0.2, 0) is 6.42 Å². The second-order valence-corrected chi connectivity index (χ2v) is 6.51. The van der Waals surface area contributed by atoms with E-state index in [2.05, 4.69) is 25.6 Å². The van der Waals surface area contributed by atoms with Crippen LogP contribution in [0.1, 0.15) is 12.1 Å². The third-order valence-electron chi connectivity index (χ3n) is 3.08. The summed E-state index contributed by atoms with van der Waals surface area (Å²) in [7, 11) is 0. The zero-order valence-corrected chi connectivity index (χ0v) is 12.2. The highest BCUT2D eigenvalue weighted by molar-refractivity contribution is 7.99. The van der Waals surface area contributed by atoms with Gasteiger partial charge in [-0.15, -0.1) is 11.3 Å². The third kappa shape index (κ3) is 3.52. The van der Waals surface area contributed by atoms with E-state index < -0.39 is 0 Å². The number of aromatic nitrogens is 3. The van der Waals surface area contributed by atoms with Crippen molar-refractivity contribution in [2.75, 3.05) is 18.1 Å². The van der Waals surface area contributed by atoms with Crippen molar-refractivity contribution in [1.82, 2.24) is 20.3 Å². The molecule has 3 heterocycles. The first-order valence-corrected chi connectivity index (χ1v) is 8.47. The van der Waals surface area contributed by atoms with E-state index in [-0.39, 0.29) is 0 Å². The average Bonchev–Trinajstić information content (AvgIpc) is 3.11. The van der Waals surface area contributed by atoms with Crippen molar-refractivity contribution < 1.29 is 0 Å². The summed E-state index contributed by atoms with van der Waals surface area (Å²) < 4.78 is 0. The minimum atomic E-state index is 0.697. The lowest BCUT2D eigenvalue weighted by Gasteiger charge is -2.09. The van der Waals surface area contributed by atoms with E-state index in [4.69, 9.17) is 0 Å². The third-order valence-corrected chi connectivity index (χ3v) is 5.15. The van der Waals surface area contributed by atoms with Crippen LogP contribution in [0.2, 0.25) is 0 Å². The van der Waals surface area contributed by atoms with Crippen LogP contribution >= 0.6 is 23.1 Å². The van der Waals surface area contributed by atoms with Gasteiger partial charge in [0.05, 0.1) is 11.9 Å². The Morgan fingerprint density at radius 2 is 2.37 bits per heavy atom. The van der Waals surface area contributed by atoms with Crippen LogP contribution in [0.3, 0.4) is 0 Å². The Labute approximate surface area is 121 Å². The van der Waals surface area contributed by atoms with E-state index in [9.17, 15) is 0 Å². The Kier molecular flexibility index (Phi) is 4.42. The van der Waals surface area contributed by atoms with E-state index in [1.165, 1.54) is 17.9 Å². The molecule has 2 aromatic heterocycles. The molecule has 4 nitrogen and oxygen atoms in total. The van der Waals surface area contributed by atoms with Crippen LogP contribution in [0.25, 0.3) is 10.7 Å². The smallest absolute Gasteiger partial charge is 0.143 e. The minimum Gasteiger partial charge on any atom is -0.313 e. The molecule has 19 heavy (non-hydrogen) atoms. The fourth-order valence-electron chi connectivity index (χ4n) is 2.05. The van der Waals surface area contributed by atoms with Gasteiger partial charge in [0, 0.05) is 42.5 Å². The number of nitrogens with one attached hydrogen (secondary N) is 1. The van der Waals surface area contributed by atoms with Gasteiger partial charge in [0.1, 0.15) is 10.7 Å². The largest absolute Gasteiger partial charge is 0.313 e. The van der Waals surface area contributed by atoms with Crippen molar-refractivity contribution in [2.45, 2.75) is 18.9 Å². The summed E-state index contributed by atoms with van der Waals surface area (Å²) in [6.07, 6.45) is 7.43. The van der Waals surface area contributed by atoms with Gasteiger partial charge >= 0.3 is 0 Å². The fraction of sp³-hybridized carbons (Fsp3) is 0.462. The quantitative estimate of drug-likeness (QED) is 0.916. The van der Waals surface area contributed by atoms with Gasteiger partial charge in [-0.2, -0.15) is 11.8 Å². The zero-order chi connectivity index (χ0) is 12.9. The summed E-state index contributed by atoms with van der Waals surface area (Å²) in [5, 5.41) is 6.67. The Morgan fingerprint density at radius 1 is 1.37 bits per heavy atom. The maximum absolute atomic E-state index is 4.62. The van der Waals surface area contributed by atoms with Crippen LogP contribution in [0.5, 0.6) is 0 Å². The second-order valence-electron chi connectivity index (χ2n) is 4.50. The van der Waals surface area contributed by atoms with Crippen molar-refractivity contribution in [3.05, 3.63) is 29.7 Å². The number of hydrogen-bond donors (Lipinski definition) is 1. The Balaban J connectivity index is 1.53. The van der Waals surface area contributed by atoms with Gasteiger partial charge in [-0.05, 0) is 12.2 Å². The van der Waals surface area contributed by atoms with Gasteiger partial charge in [0.2, 0.25) is 0 Å². The summed E-state index contributed by atoms with van der Waals surface area (Å²) in [6, 6.07) is 0.697. The fourth-order valence-corrected chi connectivity index (χ4v) is 4.05. The van der Waals surface area contributed by atoms with Crippen molar-refractivity contribution in [1.29, 1.82) is 0 Å². The van der Waals surface area contributed by atoms with Gasteiger partial charge in [0.15, 0.2) is 0 Å². The molecule has 1 N–H and O–H groups in total. The monoisotopic (exact) mass is 292 g/mol. The molecule has 6 heteroatoms. The zero-order valence-electron chi connectivity index (χ0n) is 10.6. The molecule has 0 bridgehead atoms. The Bertz CT molecular complexity index is 508. The number of rotatable bonds is 5. The Hall–Kier alpha value is -0.980. The first-order chi connectivity index (χ1) is 9.42.